The summed E-state index contributed by atoms with van der Waals surface area (Å²) >= 11 is 1.57. The summed E-state index contributed by atoms with van der Waals surface area (Å²) in [6, 6.07) is 2.37. The van der Waals surface area contributed by atoms with Crippen LogP contribution in [0.4, 0.5) is 5.82 Å². The predicted octanol–water partition coefficient (Wildman–Crippen LogP) is 1.20. The molecule has 1 atom stereocenters. The number of aliphatic hydroxyl groups excluding tert-OH is 1. The number of hydrogen-bond acceptors (Lipinski definition) is 8. The van der Waals surface area contributed by atoms with E-state index < -0.39 is 0 Å². The van der Waals surface area contributed by atoms with Crippen LogP contribution in [0.5, 0.6) is 0 Å². The molecule has 0 unspecified atom stereocenters. The lowest BCUT2D eigenvalue weighted by molar-refractivity contribution is 0.174. The largest absolute Gasteiger partial charge is 0.392 e. The minimum Gasteiger partial charge on any atom is -0.392 e. The minimum absolute atomic E-state index is 0.192. The summed E-state index contributed by atoms with van der Waals surface area (Å²) in [4.78, 5) is 13.4. The van der Waals surface area contributed by atoms with Crippen molar-refractivity contribution in [1.82, 2.24) is 29.9 Å². The maximum absolute atomic E-state index is 9.64. The Morgan fingerprint density at radius 3 is 2.81 bits per heavy atom. The summed E-state index contributed by atoms with van der Waals surface area (Å²) in [6.07, 6.45) is 8.63. The number of rotatable bonds is 5. The van der Waals surface area contributed by atoms with Gasteiger partial charge in [0.15, 0.2) is 5.16 Å². The van der Waals surface area contributed by atoms with E-state index in [1.807, 2.05) is 23.2 Å². The maximum Gasteiger partial charge on any atom is 0.189 e. The normalized spacial score (nSPS) is 22.2. The number of β-amino-alcohol motifs (C(OH)–C–C–N with tert-alkyl or cyclic N) is 1. The predicted molar refractivity (Wildman–Crippen MR) is 100 cm³/mol. The summed E-state index contributed by atoms with van der Waals surface area (Å²) in [6.45, 7) is 4.37. The zero-order valence-corrected chi connectivity index (χ0v) is 15.8. The van der Waals surface area contributed by atoms with E-state index in [0.717, 1.165) is 68.7 Å². The van der Waals surface area contributed by atoms with Gasteiger partial charge < -0.3 is 10.0 Å². The van der Waals surface area contributed by atoms with Crippen molar-refractivity contribution in [3.63, 3.8) is 0 Å². The molecule has 0 radical (unpaired) electrons. The van der Waals surface area contributed by atoms with Gasteiger partial charge in [-0.15, -0.1) is 5.10 Å². The molecule has 0 saturated carbocycles. The monoisotopic (exact) mass is 375 g/mol. The van der Waals surface area contributed by atoms with Gasteiger partial charge in [0.1, 0.15) is 5.82 Å². The van der Waals surface area contributed by atoms with Gasteiger partial charge in [-0.2, -0.15) is 0 Å². The Kier molecular flexibility index (Phi) is 5.37. The number of likely N-dealkylation sites (tertiary alicyclic amines) is 1. The van der Waals surface area contributed by atoms with Crippen molar-refractivity contribution in [1.29, 1.82) is 0 Å². The second-order valence-electron chi connectivity index (χ2n) is 6.99. The Morgan fingerprint density at radius 2 is 2.08 bits per heavy atom. The lowest BCUT2D eigenvalue weighted by atomic mass is 10.1. The van der Waals surface area contributed by atoms with Crippen LogP contribution in [0.15, 0.2) is 23.6 Å². The van der Waals surface area contributed by atoms with Gasteiger partial charge in [-0.3, -0.25) is 4.90 Å². The van der Waals surface area contributed by atoms with Crippen LogP contribution >= 0.6 is 11.8 Å². The molecule has 0 amide bonds. The molecule has 26 heavy (non-hydrogen) atoms. The van der Waals surface area contributed by atoms with Crippen LogP contribution in [0, 0.1) is 0 Å². The van der Waals surface area contributed by atoms with Crippen LogP contribution < -0.4 is 4.90 Å². The molecule has 9 heteroatoms. The summed E-state index contributed by atoms with van der Waals surface area (Å²) in [5, 5.41) is 19.1. The zero-order valence-electron chi connectivity index (χ0n) is 15.0. The lowest BCUT2D eigenvalue weighted by Gasteiger charge is -2.32. The topological polar surface area (TPSA) is 83.2 Å². The summed E-state index contributed by atoms with van der Waals surface area (Å²) in [5.74, 6) is 1.01. The number of thioether (sulfide) groups is 1. The number of aliphatic hydroxyl groups is 1. The van der Waals surface area contributed by atoms with E-state index in [4.69, 9.17) is 0 Å². The molecule has 1 N–H and O–H groups in total. The van der Waals surface area contributed by atoms with Gasteiger partial charge in [-0.1, -0.05) is 17.0 Å². The van der Waals surface area contributed by atoms with Gasteiger partial charge in [0.05, 0.1) is 24.0 Å². The lowest BCUT2D eigenvalue weighted by Crippen LogP contribution is -2.35. The van der Waals surface area contributed by atoms with Crippen LogP contribution in [-0.4, -0.2) is 73.5 Å². The Morgan fingerprint density at radius 1 is 1.23 bits per heavy atom. The number of piperidine rings is 1. The second-order valence-corrected chi connectivity index (χ2v) is 7.76. The Bertz CT molecular complexity index is 731. The molecule has 2 aromatic rings. The second kappa shape index (κ2) is 7.89. The first kappa shape index (κ1) is 17.7. The van der Waals surface area contributed by atoms with Crippen molar-refractivity contribution in [3.05, 3.63) is 24.2 Å². The average molecular weight is 376 g/mol. The fraction of sp³-hybridized carbons (Fsp3) is 0.647. The molecular formula is C17H25N7OS. The first-order valence-electron chi connectivity index (χ1n) is 9.14. The van der Waals surface area contributed by atoms with Crippen LogP contribution in [0.3, 0.4) is 0 Å². The molecular weight excluding hydrogens is 350 g/mol. The third-order valence-corrected chi connectivity index (χ3v) is 5.72. The molecule has 140 valence electrons. The third kappa shape index (κ3) is 3.99. The van der Waals surface area contributed by atoms with E-state index in [1.54, 1.807) is 11.8 Å². The van der Waals surface area contributed by atoms with Crippen LogP contribution in [0.2, 0.25) is 0 Å². The highest BCUT2D eigenvalue weighted by Crippen LogP contribution is 2.26. The summed E-state index contributed by atoms with van der Waals surface area (Å²) < 4.78 is 2.02. The number of anilines is 1. The van der Waals surface area contributed by atoms with E-state index in [0.29, 0.717) is 6.04 Å². The van der Waals surface area contributed by atoms with Crippen molar-refractivity contribution >= 4 is 17.6 Å². The highest BCUT2D eigenvalue weighted by atomic mass is 32.2. The molecule has 2 fully saturated rings. The Labute approximate surface area is 157 Å². The van der Waals surface area contributed by atoms with Crippen LogP contribution in [0.25, 0.3) is 0 Å². The quantitative estimate of drug-likeness (QED) is 0.617. The number of nitrogens with zero attached hydrogens (tertiary/aromatic N) is 7. The number of aromatic nitrogens is 5. The molecule has 2 saturated heterocycles. The Hall–Kier alpha value is -1.71. The molecule has 2 aromatic heterocycles. The molecule has 0 bridgehead atoms. The molecule has 2 aliphatic heterocycles. The first-order valence-corrected chi connectivity index (χ1v) is 10.4. The maximum atomic E-state index is 9.64. The smallest absolute Gasteiger partial charge is 0.189 e. The highest BCUT2D eigenvalue weighted by molar-refractivity contribution is 7.98. The van der Waals surface area contributed by atoms with Gasteiger partial charge in [0.25, 0.3) is 0 Å². The minimum atomic E-state index is -0.192. The number of hydrogen-bond donors (Lipinski definition) is 1. The van der Waals surface area contributed by atoms with Crippen molar-refractivity contribution in [2.45, 2.75) is 43.1 Å². The van der Waals surface area contributed by atoms with E-state index in [1.165, 1.54) is 0 Å². The zero-order chi connectivity index (χ0) is 17.9. The van der Waals surface area contributed by atoms with Gasteiger partial charge in [-0.25, -0.2) is 14.6 Å². The van der Waals surface area contributed by atoms with Crippen LogP contribution in [-0.2, 0) is 6.54 Å². The van der Waals surface area contributed by atoms with Gasteiger partial charge in [0, 0.05) is 38.9 Å². The van der Waals surface area contributed by atoms with Gasteiger partial charge >= 0.3 is 0 Å². The van der Waals surface area contributed by atoms with E-state index in [9.17, 15) is 5.11 Å². The summed E-state index contributed by atoms with van der Waals surface area (Å²) in [5.41, 5.74) is 0.988. The fourth-order valence-electron chi connectivity index (χ4n) is 3.72. The van der Waals surface area contributed by atoms with Gasteiger partial charge in [-0.05, 0) is 31.6 Å². The van der Waals surface area contributed by atoms with E-state index in [-0.39, 0.29) is 6.10 Å². The highest BCUT2D eigenvalue weighted by Gasteiger charge is 2.24. The molecule has 0 aliphatic carbocycles. The molecule has 4 heterocycles. The Balaban J connectivity index is 1.33. The van der Waals surface area contributed by atoms with Crippen molar-refractivity contribution in [2.24, 2.45) is 0 Å². The standard InChI is InChI=1S/C17H25N7OS/c1-26-17-18-6-2-16(19-17)23-8-3-14(4-9-23)24-11-13(20-21-24)10-22-7-5-15(25)12-22/h2,6,11,14-15,25H,3-5,7-10,12H2,1H3/t15-/m1/s1. The van der Waals surface area contributed by atoms with E-state index in [2.05, 4.69) is 36.3 Å². The molecule has 2 aliphatic rings. The van der Waals surface area contributed by atoms with Crippen LogP contribution in [0.1, 0.15) is 31.0 Å². The molecule has 4 rings (SSSR count). The summed E-state index contributed by atoms with van der Waals surface area (Å²) in [7, 11) is 0. The SMILES string of the molecule is CSc1nccc(N2CCC(n3cc(CN4CC[C@@H](O)C4)nn3)CC2)n1. The van der Waals surface area contributed by atoms with Crippen molar-refractivity contribution in [2.75, 3.05) is 37.3 Å². The van der Waals surface area contributed by atoms with Gasteiger partial charge in [0.2, 0.25) is 0 Å². The third-order valence-electron chi connectivity index (χ3n) is 5.15. The first-order chi connectivity index (χ1) is 12.7. The molecule has 0 spiro atoms. The molecule has 0 aromatic carbocycles. The fourth-order valence-corrected chi connectivity index (χ4v) is 4.07. The average Bonchev–Trinajstić information content (AvgIpc) is 3.31. The van der Waals surface area contributed by atoms with E-state index >= 15 is 0 Å². The molecule has 8 nitrogen and oxygen atoms in total. The van der Waals surface area contributed by atoms with Crippen molar-refractivity contribution < 1.29 is 5.11 Å². The van der Waals surface area contributed by atoms with Crippen molar-refractivity contribution in [3.8, 4) is 0 Å².